The van der Waals surface area contributed by atoms with Crippen LogP contribution in [0.4, 0.5) is 13.2 Å². The van der Waals surface area contributed by atoms with Crippen LogP contribution < -0.4 is 10.6 Å². The molecule has 0 aromatic heterocycles. The molecule has 0 fully saturated rings. The highest BCUT2D eigenvalue weighted by molar-refractivity contribution is 5.82. The van der Waals surface area contributed by atoms with Crippen LogP contribution in [-0.4, -0.2) is 30.1 Å². The van der Waals surface area contributed by atoms with Crippen LogP contribution in [0.25, 0.3) is 0 Å². The summed E-state index contributed by atoms with van der Waals surface area (Å²) in [5.41, 5.74) is -0.149. The lowest BCUT2D eigenvalue weighted by Gasteiger charge is -2.08. The molecule has 0 saturated carbocycles. The Morgan fingerprint density at radius 3 is 2.20 bits per heavy atom. The molecular weight excluding hydrogens is 277 g/mol. The van der Waals surface area contributed by atoms with E-state index in [1.165, 1.54) is 12.1 Å². The number of halogens is 3. The number of carboxylic acid groups (broad SMARTS) is 1. The lowest BCUT2D eigenvalue weighted by Crippen LogP contribution is -2.36. The van der Waals surface area contributed by atoms with Gasteiger partial charge in [0.1, 0.15) is 6.54 Å². The molecule has 3 N–H and O–H groups in total. The number of amides is 1. The van der Waals surface area contributed by atoms with Crippen molar-refractivity contribution in [2.45, 2.75) is 12.7 Å². The first-order chi connectivity index (χ1) is 9.29. The number of hydrogen-bond acceptors (Lipinski definition) is 3. The van der Waals surface area contributed by atoms with Crippen LogP contribution >= 0.6 is 0 Å². The van der Waals surface area contributed by atoms with Crippen molar-refractivity contribution in [3.05, 3.63) is 35.4 Å². The quantitative estimate of drug-likeness (QED) is 0.730. The normalized spacial score (nSPS) is 11.2. The minimum absolute atomic E-state index is 0.117. The number of aliphatic carboxylic acids is 1. The molecule has 0 heterocycles. The van der Waals surface area contributed by atoms with Crippen LogP contribution in [0.1, 0.15) is 11.1 Å². The van der Waals surface area contributed by atoms with Crippen molar-refractivity contribution in [3.8, 4) is 0 Å². The lowest BCUT2D eigenvalue weighted by atomic mass is 10.1. The molecule has 0 unspecified atom stereocenters. The van der Waals surface area contributed by atoms with E-state index in [0.717, 1.165) is 12.1 Å². The zero-order chi connectivity index (χ0) is 15.2. The maximum atomic E-state index is 12.3. The maximum absolute atomic E-state index is 12.3. The van der Waals surface area contributed by atoms with E-state index >= 15 is 0 Å². The first-order valence-electron chi connectivity index (χ1n) is 5.64. The minimum Gasteiger partial charge on any atom is -0.480 e. The zero-order valence-electron chi connectivity index (χ0n) is 10.3. The van der Waals surface area contributed by atoms with E-state index in [-0.39, 0.29) is 13.1 Å². The molecule has 0 bridgehead atoms. The van der Waals surface area contributed by atoms with Gasteiger partial charge < -0.3 is 15.7 Å². The predicted molar refractivity (Wildman–Crippen MR) is 63.8 cm³/mol. The Morgan fingerprint density at radius 2 is 1.70 bits per heavy atom. The lowest BCUT2D eigenvalue weighted by molar-refractivity contribution is -0.138. The van der Waals surface area contributed by atoms with Crippen LogP contribution in [0, 0.1) is 0 Å². The Hall–Kier alpha value is -2.09. The predicted octanol–water partition coefficient (Wildman–Crippen LogP) is 0.996. The zero-order valence-corrected chi connectivity index (χ0v) is 10.3. The summed E-state index contributed by atoms with van der Waals surface area (Å²) in [7, 11) is 0. The largest absolute Gasteiger partial charge is 0.480 e. The number of carbonyl (C=O) groups excluding carboxylic acids is 1. The van der Waals surface area contributed by atoms with E-state index in [0.29, 0.717) is 5.56 Å². The molecule has 0 saturated heterocycles. The highest BCUT2D eigenvalue weighted by Gasteiger charge is 2.29. The molecule has 20 heavy (non-hydrogen) atoms. The average Bonchev–Trinajstić information content (AvgIpc) is 2.36. The first kappa shape index (κ1) is 16.0. The smallest absolute Gasteiger partial charge is 0.416 e. The Bertz CT molecular complexity index is 472. The van der Waals surface area contributed by atoms with Crippen LogP contribution in [-0.2, 0) is 22.3 Å². The van der Waals surface area contributed by atoms with Crippen LogP contribution in [0.2, 0.25) is 0 Å². The molecule has 5 nitrogen and oxygen atoms in total. The number of alkyl halides is 3. The van der Waals surface area contributed by atoms with Gasteiger partial charge >= 0.3 is 12.1 Å². The monoisotopic (exact) mass is 290 g/mol. The van der Waals surface area contributed by atoms with Crippen LogP contribution in [0.5, 0.6) is 0 Å². The van der Waals surface area contributed by atoms with Crippen molar-refractivity contribution in [2.24, 2.45) is 0 Å². The van der Waals surface area contributed by atoms with Crippen molar-refractivity contribution in [3.63, 3.8) is 0 Å². The third-order valence-corrected chi connectivity index (χ3v) is 2.33. The van der Waals surface area contributed by atoms with E-state index < -0.39 is 30.2 Å². The number of rotatable bonds is 6. The molecule has 1 aromatic carbocycles. The van der Waals surface area contributed by atoms with E-state index in [4.69, 9.17) is 5.11 Å². The molecule has 0 aliphatic rings. The average molecular weight is 290 g/mol. The van der Waals surface area contributed by atoms with Gasteiger partial charge in [-0.15, -0.1) is 0 Å². The van der Waals surface area contributed by atoms with Crippen molar-refractivity contribution >= 4 is 11.9 Å². The summed E-state index contributed by atoms with van der Waals surface area (Å²) in [4.78, 5) is 21.3. The SMILES string of the molecule is O=C(O)CNC(=O)CNCc1ccc(C(F)(F)F)cc1. The molecular formula is C12H13F3N2O3. The van der Waals surface area contributed by atoms with Gasteiger partial charge in [-0.1, -0.05) is 12.1 Å². The summed E-state index contributed by atoms with van der Waals surface area (Å²) in [5.74, 6) is -1.65. The third kappa shape index (κ3) is 5.70. The van der Waals surface area contributed by atoms with Gasteiger partial charge in [0.2, 0.25) is 5.91 Å². The Kier molecular flexibility index (Phi) is 5.51. The van der Waals surface area contributed by atoms with Crippen molar-refractivity contribution < 1.29 is 27.9 Å². The molecule has 1 aromatic rings. The summed E-state index contributed by atoms with van der Waals surface area (Å²) < 4.78 is 36.9. The van der Waals surface area contributed by atoms with Crippen LogP contribution in [0.15, 0.2) is 24.3 Å². The topological polar surface area (TPSA) is 78.4 Å². The van der Waals surface area contributed by atoms with Crippen molar-refractivity contribution in [2.75, 3.05) is 13.1 Å². The molecule has 8 heteroatoms. The number of carboxylic acids is 1. The molecule has 0 radical (unpaired) electrons. The van der Waals surface area contributed by atoms with E-state index in [1.807, 2.05) is 0 Å². The highest BCUT2D eigenvalue weighted by atomic mass is 19.4. The Labute approximate surface area is 112 Å². The van der Waals surface area contributed by atoms with Crippen LogP contribution in [0.3, 0.4) is 0 Å². The fourth-order valence-corrected chi connectivity index (χ4v) is 1.37. The fourth-order valence-electron chi connectivity index (χ4n) is 1.37. The summed E-state index contributed by atoms with van der Waals surface area (Å²) in [6, 6.07) is 4.54. The molecule has 0 atom stereocenters. The van der Waals surface area contributed by atoms with E-state index in [1.54, 1.807) is 0 Å². The molecule has 110 valence electrons. The van der Waals surface area contributed by atoms with Gasteiger partial charge in [0, 0.05) is 6.54 Å². The van der Waals surface area contributed by atoms with Gasteiger partial charge in [0.25, 0.3) is 0 Å². The van der Waals surface area contributed by atoms with Gasteiger partial charge in [-0.2, -0.15) is 13.2 Å². The summed E-state index contributed by atoms with van der Waals surface area (Å²) in [5, 5.41) is 13.2. The molecule has 0 aliphatic heterocycles. The fraction of sp³-hybridized carbons (Fsp3) is 0.333. The summed E-state index contributed by atoms with van der Waals surface area (Å²) >= 11 is 0. The van der Waals surface area contributed by atoms with Crippen molar-refractivity contribution in [1.82, 2.24) is 10.6 Å². The number of carbonyl (C=O) groups is 2. The highest BCUT2D eigenvalue weighted by Crippen LogP contribution is 2.28. The standard InChI is InChI=1S/C12H13F3N2O3/c13-12(14,15)9-3-1-8(2-4-9)5-16-6-10(18)17-7-11(19)20/h1-4,16H,5-7H2,(H,17,18)(H,19,20). The molecule has 0 aliphatic carbocycles. The van der Waals surface area contributed by atoms with Gasteiger partial charge in [-0.3, -0.25) is 9.59 Å². The van der Waals surface area contributed by atoms with Gasteiger partial charge in [0.15, 0.2) is 0 Å². The van der Waals surface area contributed by atoms with Gasteiger partial charge in [-0.05, 0) is 17.7 Å². The summed E-state index contributed by atoms with van der Waals surface area (Å²) in [6.45, 7) is -0.381. The molecule has 0 spiro atoms. The minimum atomic E-state index is -4.37. The second kappa shape index (κ2) is 6.90. The number of benzene rings is 1. The second-order valence-electron chi connectivity index (χ2n) is 3.97. The van der Waals surface area contributed by atoms with E-state index in [9.17, 15) is 22.8 Å². The Morgan fingerprint density at radius 1 is 1.10 bits per heavy atom. The second-order valence-corrected chi connectivity index (χ2v) is 3.97. The van der Waals surface area contributed by atoms with E-state index in [2.05, 4.69) is 10.6 Å². The third-order valence-electron chi connectivity index (χ3n) is 2.33. The molecule has 1 rings (SSSR count). The molecule has 1 amide bonds. The van der Waals surface area contributed by atoms with Gasteiger partial charge in [0.05, 0.1) is 12.1 Å². The number of nitrogens with one attached hydrogen (secondary N) is 2. The first-order valence-corrected chi connectivity index (χ1v) is 5.64. The number of hydrogen-bond donors (Lipinski definition) is 3. The maximum Gasteiger partial charge on any atom is 0.416 e. The van der Waals surface area contributed by atoms with Gasteiger partial charge in [-0.25, -0.2) is 0 Å². The Balaban J connectivity index is 2.36. The summed E-state index contributed by atoms with van der Waals surface area (Å²) in [6.07, 6.45) is -4.37. The van der Waals surface area contributed by atoms with Crippen molar-refractivity contribution in [1.29, 1.82) is 0 Å².